The van der Waals surface area contributed by atoms with Crippen LogP contribution in [0.25, 0.3) is 0 Å². The van der Waals surface area contributed by atoms with Crippen molar-refractivity contribution in [3.05, 3.63) is 50.5 Å². The van der Waals surface area contributed by atoms with E-state index in [2.05, 4.69) is 59.1 Å². The highest BCUT2D eigenvalue weighted by Gasteiger charge is 2.21. The number of rotatable bonds is 2. The highest BCUT2D eigenvalue weighted by atomic mass is 32.1. The Morgan fingerprint density at radius 3 is 2.20 bits per heavy atom. The van der Waals surface area contributed by atoms with Crippen LogP contribution in [0.5, 0.6) is 0 Å². The van der Waals surface area contributed by atoms with Crippen LogP contribution in [-0.2, 0) is 5.41 Å². The molecule has 2 aromatic rings. The van der Waals surface area contributed by atoms with Crippen molar-refractivity contribution in [2.24, 2.45) is 5.73 Å². The molecule has 0 aliphatic rings. The van der Waals surface area contributed by atoms with E-state index in [1.165, 1.54) is 22.3 Å². The molecule has 0 saturated carbocycles. The molecule has 1 unspecified atom stereocenters. The minimum atomic E-state index is -0.129. The summed E-state index contributed by atoms with van der Waals surface area (Å²) >= 11 is 1.66. The molecule has 108 valence electrons. The average Bonchev–Trinajstić information content (AvgIpc) is 2.82. The van der Waals surface area contributed by atoms with Crippen LogP contribution in [0.4, 0.5) is 0 Å². The third-order valence-electron chi connectivity index (χ3n) is 3.77. The van der Waals surface area contributed by atoms with Gasteiger partial charge >= 0.3 is 0 Å². The maximum Gasteiger partial charge on any atom is 0.114 e. The number of nitrogens with two attached hydrogens (primary N) is 1. The molecule has 2 nitrogen and oxygen atoms in total. The number of hydrogen-bond acceptors (Lipinski definition) is 3. The zero-order valence-electron chi connectivity index (χ0n) is 13.2. The van der Waals surface area contributed by atoms with Crippen LogP contribution in [0.15, 0.2) is 17.5 Å². The van der Waals surface area contributed by atoms with Crippen LogP contribution >= 0.6 is 11.3 Å². The van der Waals surface area contributed by atoms with Gasteiger partial charge in [0, 0.05) is 10.8 Å². The molecule has 1 aromatic heterocycles. The van der Waals surface area contributed by atoms with E-state index in [0.29, 0.717) is 0 Å². The van der Waals surface area contributed by atoms with E-state index in [9.17, 15) is 0 Å². The fourth-order valence-electron chi connectivity index (χ4n) is 2.23. The summed E-state index contributed by atoms with van der Waals surface area (Å²) in [7, 11) is 0. The van der Waals surface area contributed by atoms with Gasteiger partial charge in [-0.25, -0.2) is 4.98 Å². The highest BCUT2D eigenvalue weighted by molar-refractivity contribution is 7.09. The SMILES string of the molecule is Cc1cc(C)c(C(N)c2nc(C(C)(C)C)cs2)cc1C. The second kappa shape index (κ2) is 5.30. The lowest BCUT2D eigenvalue weighted by Gasteiger charge is -2.16. The van der Waals surface area contributed by atoms with E-state index in [4.69, 9.17) is 10.7 Å². The average molecular weight is 288 g/mol. The molecule has 0 saturated heterocycles. The summed E-state index contributed by atoms with van der Waals surface area (Å²) in [4.78, 5) is 4.74. The summed E-state index contributed by atoms with van der Waals surface area (Å²) in [6.07, 6.45) is 0. The minimum absolute atomic E-state index is 0.0761. The van der Waals surface area contributed by atoms with Crippen LogP contribution in [0.1, 0.15) is 59.8 Å². The largest absolute Gasteiger partial charge is 0.318 e. The quantitative estimate of drug-likeness (QED) is 0.888. The van der Waals surface area contributed by atoms with E-state index in [1.807, 2.05) is 0 Å². The van der Waals surface area contributed by atoms with Crippen LogP contribution in [0.3, 0.4) is 0 Å². The van der Waals surface area contributed by atoms with E-state index in [0.717, 1.165) is 10.7 Å². The van der Waals surface area contributed by atoms with Gasteiger partial charge in [0.05, 0.1) is 11.7 Å². The first-order valence-electron chi connectivity index (χ1n) is 6.99. The van der Waals surface area contributed by atoms with E-state index in [1.54, 1.807) is 11.3 Å². The van der Waals surface area contributed by atoms with Crippen molar-refractivity contribution in [1.29, 1.82) is 0 Å². The Morgan fingerprint density at radius 2 is 1.65 bits per heavy atom. The number of thiazole rings is 1. The van der Waals surface area contributed by atoms with Gasteiger partial charge < -0.3 is 5.73 Å². The van der Waals surface area contributed by atoms with Crippen molar-refractivity contribution in [2.45, 2.75) is 53.0 Å². The van der Waals surface area contributed by atoms with Crippen molar-refractivity contribution in [1.82, 2.24) is 4.98 Å². The first-order chi connectivity index (χ1) is 9.20. The number of aromatic nitrogens is 1. The van der Waals surface area contributed by atoms with Gasteiger partial charge in [0.2, 0.25) is 0 Å². The smallest absolute Gasteiger partial charge is 0.114 e. The molecule has 0 aliphatic carbocycles. The molecule has 1 heterocycles. The number of nitrogens with zero attached hydrogens (tertiary/aromatic N) is 1. The van der Waals surface area contributed by atoms with Gasteiger partial charge in [0.1, 0.15) is 5.01 Å². The molecule has 0 radical (unpaired) electrons. The van der Waals surface area contributed by atoms with Crippen molar-refractivity contribution in [3.63, 3.8) is 0 Å². The molecule has 3 heteroatoms. The highest BCUT2D eigenvalue weighted by Crippen LogP contribution is 2.30. The Hall–Kier alpha value is -1.19. The lowest BCUT2D eigenvalue weighted by atomic mass is 9.93. The van der Waals surface area contributed by atoms with Gasteiger partial charge in [-0.05, 0) is 43.0 Å². The predicted molar refractivity (Wildman–Crippen MR) is 87.5 cm³/mol. The maximum absolute atomic E-state index is 6.44. The molecule has 0 bridgehead atoms. The van der Waals surface area contributed by atoms with E-state index >= 15 is 0 Å². The molecule has 2 N–H and O–H groups in total. The van der Waals surface area contributed by atoms with Crippen LogP contribution < -0.4 is 5.73 Å². The lowest BCUT2D eigenvalue weighted by Crippen LogP contribution is -2.16. The summed E-state index contributed by atoms with van der Waals surface area (Å²) < 4.78 is 0. The maximum atomic E-state index is 6.44. The summed E-state index contributed by atoms with van der Waals surface area (Å²) in [6.45, 7) is 12.9. The Kier molecular flexibility index (Phi) is 4.03. The van der Waals surface area contributed by atoms with Crippen LogP contribution in [0.2, 0.25) is 0 Å². The predicted octanol–water partition coefficient (Wildman–Crippen LogP) is 4.41. The topological polar surface area (TPSA) is 38.9 Å². The molecular formula is C17H24N2S. The molecule has 20 heavy (non-hydrogen) atoms. The van der Waals surface area contributed by atoms with Gasteiger partial charge in [-0.2, -0.15) is 0 Å². The standard InChI is InChI=1S/C17H24N2S/c1-10-7-12(3)13(8-11(10)2)15(18)16-19-14(9-20-16)17(4,5)6/h7-9,15H,18H2,1-6H3. The van der Waals surface area contributed by atoms with Crippen molar-refractivity contribution in [2.75, 3.05) is 0 Å². The molecule has 0 aliphatic heterocycles. The Bertz CT molecular complexity index is 620. The van der Waals surface area contributed by atoms with Crippen LogP contribution in [0, 0.1) is 20.8 Å². The number of benzene rings is 1. The first-order valence-corrected chi connectivity index (χ1v) is 7.87. The summed E-state index contributed by atoms with van der Waals surface area (Å²) in [6, 6.07) is 4.28. The van der Waals surface area contributed by atoms with Gasteiger partial charge in [-0.15, -0.1) is 11.3 Å². The fraction of sp³-hybridized carbons (Fsp3) is 0.471. The Balaban J connectivity index is 2.39. The molecule has 2 rings (SSSR count). The Morgan fingerprint density at radius 1 is 1.05 bits per heavy atom. The molecule has 0 amide bonds. The Labute approximate surface area is 126 Å². The van der Waals surface area contributed by atoms with E-state index < -0.39 is 0 Å². The van der Waals surface area contributed by atoms with Crippen molar-refractivity contribution in [3.8, 4) is 0 Å². The van der Waals surface area contributed by atoms with Crippen molar-refractivity contribution >= 4 is 11.3 Å². The fourth-order valence-corrected chi connectivity index (χ4v) is 3.29. The summed E-state index contributed by atoms with van der Waals surface area (Å²) in [5, 5.41) is 3.13. The van der Waals surface area contributed by atoms with Crippen molar-refractivity contribution < 1.29 is 0 Å². The van der Waals surface area contributed by atoms with E-state index in [-0.39, 0.29) is 11.5 Å². The monoisotopic (exact) mass is 288 g/mol. The molecule has 0 fully saturated rings. The minimum Gasteiger partial charge on any atom is -0.318 e. The van der Waals surface area contributed by atoms with Gasteiger partial charge in [-0.3, -0.25) is 0 Å². The number of hydrogen-bond donors (Lipinski definition) is 1. The lowest BCUT2D eigenvalue weighted by molar-refractivity contribution is 0.569. The molecular weight excluding hydrogens is 264 g/mol. The van der Waals surface area contributed by atoms with Gasteiger partial charge in [0.15, 0.2) is 0 Å². The molecule has 1 atom stereocenters. The van der Waals surface area contributed by atoms with Gasteiger partial charge in [-0.1, -0.05) is 32.9 Å². The molecule has 0 spiro atoms. The zero-order valence-corrected chi connectivity index (χ0v) is 14.1. The number of aryl methyl sites for hydroxylation is 3. The third kappa shape index (κ3) is 2.94. The second-order valence-electron chi connectivity index (χ2n) is 6.59. The third-order valence-corrected chi connectivity index (χ3v) is 4.70. The second-order valence-corrected chi connectivity index (χ2v) is 7.48. The summed E-state index contributed by atoms with van der Waals surface area (Å²) in [5.41, 5.74) is 12.7. The van der Waals surface area contributed by atoms with Crippen LogP contribution in [-0.4, -0.2) is 4.98 Å². The zero-order chi connectivity index (χ0) is 15.1. The van der Waals surface area contributed by atoms with Gasteiger partial charge in [0.25, 0.3) is 0 Å². The molecule has 1 aromatic carbocycles. The normalized spacial score (nSPS) is 13.6. The first kappa shape index (κ1) is 15.2. The summed E-state index contributed by atoms with van der Waals surface area (Å²) in [5.74, 6) is 0.